The van der Waals surface area contributed by atoms with Gasteiger partial charge in [0.2, 0.25) is 0 Å². The van der Waals surface area contributed by atoms with Crippen molar-refractivity contribution in [2.75, 3.05) is 0 Å². The van der Waals surface area contributed by atoms with E-state index < -0.39 is 15.8 Å². The zero-order valence-electron chi connectivity index (χ0n) is 16.7. The van der Waals surface area contributed by atoms with E-state index in [4.69, 9.17) is 0 Å². The predicted octanol–water partition coefficient (Wildman–Crippen LogP) is 6.69. The van der Waals surface area contributed by atoms with Crippen molar-refractivity contribution in [3.63, 3.8) is 0 Å². The minimum Gasteiger partial charge on any atom is -0.0816 e. The van der Waals surface area contributed by atoms with Crippen molar-refractivity contribution in [2.45, 2.75) is 9.14 Å². The first-order chi connectivity index (χ1) is 14.8. The van der Waals surface area contributed by atoms with Crippen LogP contribution in [0, 0.1) is 0 Å². The normalized spacial score (nSPS) is 12.9. The van der Waals surface area contributed by atoms with E-state index in [2.05, 4.69) is 153 Å². The summed E-state index contributed by atoms with van der Waals surface area (Å²) in [4.78, 5) is 0. The molecule has 0 nitrogen and oxygen atoms in total. The average molecular weight is 615 g/mol. The molecule has 0 N–H and O–H groups in total. The Kier molecular flexibility index (Phi) is 9.96. The molecule has 0 aliphatic carbocycles. The SMILES string of the molecule is BrC(C(Br)P(c1ccccc1)c1ccccc1)P(c1ccccc1)c1ccccc1.[Ni]. The van der Waals surface area contributed by atoms with Crippen molar-refractivity contribution in [3.05, 3.63) is 121 Å². The summed E-state index contributed by atoms with van der Waals surface area (Å²) in [6.45, 7) is 0. The van der Waals surface area contributed by atoms with Gasteiger partial charge in [0, 0.05) is 16.5 Å². The second-order valence-corrected chi connectivity index (χ2v) is 14.9. The third-order valence-electron chi connectivity index (χ3n) is 4.86. The predicted molar refractivity (Wildman–Crippen MR) is 144 cm³/mol. The summed E-state index contributed by atoms with van der Waals surface area (Å²) in [5, 5.41) is 5.56. The smallest absolute Gasteiger partial charge is 0.0597 e. The standard InChI is InChI=1S/C26H22Br2P2.Ni/c27-25(29(21-13-5-1-6-14-21)22-15-7-2-8-16-22)26(28)30(23-17-9-3-10-18-23)24-19-11-4-12-20-24;/h1-20,25-26H;. The Bertz CT molecular complexity index is 868. The molecule has 0 bridgehead atoms. The Balaban J connectivity index is 0.00000272. The molecule has 2 unspecified atom stereocenters. The first-order valence-corrected chi connectivity index (χ1v) is 14.5. The van der Waals surface area contributed by atoms with Gasteiger partial charge in [-0.3, -0.25) is 0 Å². The fourth-order valence-corrected chi connectivity index (χ4v) is 12.7. The van der Waals surface area contributed by atoms with Crippen molar-refractivity contribution in [1.29, 1.82) is 0 Å². The Morgan fingerprint density at radius 1 is 0.387 bits per heavy atom. The van der Waals surface area contributed by atoms with Crippen LogP contribution in [0.2, 0.25) is 0 Å². The largest absolute Gasteiger partial charge is 0.0816 e. The zero-order chi connectivity index (χ0) is 20.8. The molecule has 0 saturated carbocycles. The number of rotatable bonds is 7. The summed E-state index contributed by atoms with van der Waals surface area (Å²) in [5.74, 6) is 0. The van der Waals surface area contributed by atoms with E-state index in [0.29, 0.717) is 0 Å². The first-order valence-electron chi connectivity index (χ1n) is 9.82. The molecule has 0 spiro atoms. The van der Waals surface area contributed by atoms with E-state index in [1.165, 1.54) is 21.2 Å². The van der Waals surface area contributed by atoms with E-state index in [1.807, 2.05) is 0 Å². The van der Waals surface area contributed by atoms with Gasteiger partial charge >= 0.3 is 0 Å². The van der Waals surface area contributed by atoms with Crippen LogP contribution in [0.15, 0.2) is 121 Å². The van der Waals surface area contributed by atoms with E-state index in [-0.39, 0.29) is 25.6 Å². The molecule has 4 aromatic carbocycles. The molecule has 0 aliphatic rings. The topological polar surface area (TPSA) is 0 Å². The Morgan fingerprint density at radius 2 is 0.581 bits per heavy atom. The zero-order valence-corrected chi connectivity index (χ0v) is 22.6. The minimum atomic E-state index is -0.579. The molecule has 4 aromatic rings. The third kappa shape index (κ3) is 6.16. The molecule has 4 rings (SSSR count). The van der Waals surface area contributed by atoms with Crippen molar-refractivity contribution >= 4 is 68.9 Å². The molecule has 0 heterocycles. The summed E-state index contributed by atoms with van der Waals surface area (Å²) >= 11 is 8.35. The van der Waals surface area contributed by atoms with Crippen LogP contribution in [0.25, 0.3) is 0 Å². The molecule has 0 saturated heterocycles. The molecule has 31 heavy (non-hydrogen) atoms. The molecular formula is C26H22Br2NiP2. The minimum absolute atomic E-state index is 0. The van der Waals surface area contributed by atoms with Crippen molar-refractivity contribution in [2.24, 2.45) is 0 Å². The molecule has 0 aromatic heterocycles. The maximum absolute atomic E-state index is 4.18. The van der Waals surface area contributed by atoms with Crippen LogP contribution in [-0.2, 0) is 16.5 Å². The van der Waals surface area contributed by atoms with Crippen LogP contribution < -0.4 is 21.2 Å². The fraction of sp³-hybridized carbons (Fsp3) is 0.0769. The quantitative estimate of drug-likeness (QED) is 0.124. The fourth-order valence-electron chi connectivity index (χ4n) is 3.47. The van der Waals surface area contributed by atoms with Gasteiger partial charge in [-0.2, -0.15) is 0 Å². The van der Waals surface area contributed by atoms with Gasteiger partial charge in [0.15, 0.2) is 0 Å². The summed E-state index contributed by atoms with van der Waals surface area (Å²) < 4.78 is 0.563. The van der Waals surface area contributed by atoms with Crippen LogP contribution in [0.4, 0.5) is 0 Å². The second kappa shape index (κ2) is 12.4. The second-order valence-electron chi connectivity index (χ2n) is 6.83. The molecular weight excluding hydrogens is 593 g/mol. The van der Waals surface area contributed by atoms with E-state index in [0.717, 1.165) is 0 Å². The van der Waals surface area contributed by atoms with Crippen LogP contribution in [0.5, 0.6) is 0 Å². The third-order valence-corrected chi connectivity index (χ3v) is 15.1. The van der Waals surface area contributed by atoms with Gasteiger partial charge in [0.05, 0.1) is 9.14 Å². The van der Waals surface area contributed by atoms with Crippen molar-refractivity contribution in [1.82, 2.24) is 0 Å². The van der Waals surface area contributed by atoms with Gasteiger partial charge < -0.3 is 0 Å². The maximum Gasteiger partial charge on any atom is 0.0597 e. The summed E-state index contributed by atoms with van der Waals surface area (Å²) in [5.41, 5.74) is 0. The Morgan fingerprint density at radius 3 is 0.774 bits per heavy atom. The molecule has 2 atom stereocenters. The maximum atomic E-state index is 4.18. The molecule has 0 radical (unpaired) electrons. The molecule has 0 amide bonds. The summed E-state index contributed by atoms with van der Waals surface area (Å²) in [7, 11) is -1.16. The van der Waals surface area contributed by atoms with Gasteiger partial charge in [-0.05, 0) is 37.1 Å². The average Bonchev–Trinajstić information content (AvgIpc) is 2.82. The van der Waals surface area contributed by atoms with E-state index in [9.17, 15) is 0 Å². The number of benzene rings is 4. The monoisotopic (exact) mass is 612 g/mol. The van der Waals surface area contributed by atoms with Crippen LogP contribution in [-0.4, -0.2) is 9.14 Å². The van der Waals surface area contributed by atoms with Crippen molar-refractivity contribution < 1.29 is 16.5 Å². The van der Waals surface area contributed by atoms with Crippen LogP contribution >= 0.6 is 47.7 Å². The van der Waals surface area contributed by atoms with Gasteiger partial charge in [-0.15, -0.1) is 0 Å². The Hall–Kier alpha value is -0.806. The number of hydrogen-bond donors (Lipinski definition) is 0. The van der Waals surface area contributed by atoms with Crippen molar-refractivity contribution in [3.8, 4) is 0 Å². The Labute approximate surface area is 214 Å². The van der Waals surface area contributed by atoms with Crippen LogP contribution in [0.3, 0.4) is 0 Å². The summed E-state index contributed by atoms with van der Waals surface area (Å²) in [6.07, 6.45) is 0. The van der Waals surface area contributed by atoms with Gasteiger partial charge in [0.25, 0.3) is 0 Å². The number of alkyl halides is 2. The van der Waals surface area contributed by atoms with E-state index in [1.54, 1.807) is 0 Å². The molecule has 0 fully saturated rings. The molecule has 160 valence electrons. The van der Waals surface area contributed by atoms with Gasteiger partial charge in [-0.1, -0.05) is 153 Å². The van der Waals surface area contributed by atoms with Gasteiger partial charge in [0.1, 0.15) is 0 Å². The summed E-state index contributed by atoms with van der Waals surface area (Å²) in [6, 6.07) is 43.7. The number of halogens is 2. The number of hydrogen-bond acceptors (Lipinski definition) is 0. The first kappa shape index (κ1) is 24.8. The van der Waals surface area contributed by atoms with E-state index >= 15 is 0 Å². The van der Waals surface area contributed by atoms with Gasteiger partial charge in [-0.25, -0.2) is 0 Å². The van der Waals surface area contributed by atoms with Crippen LogP contribution in [0.1, 0.15) is 0 Å². The molecule has 5 heteroatoms. The molecule has 0 aliphatic heterocycles.